The molecule has 3 nitrogen and oxygen atoms in total. The van der Waals surface area contributed by atoms with Crippen molar-refractivity contribution in [1.29, 1.82) is 0 Å². The van der Waals surface area contributed by atoms with Gasteiger partial charge in [-0.3, -0.25) is 0 Å². The highest BCUT2D eigenvalue weighted by Crippen LogP contribution is 2.33. The topological polar surface area (TPSA) is 38.3 Å². The largest absolute Gasteiger partial charge is 0.445 e. The first-order chi connectivity index (χ1) is 9.10. The Hall–Kier alpha value is -1.51. The number of rotatable bonds is 3. The zero-order chi connectivity index (χ0) is 13.7. The van der Waals surface area contributed by atoms with E-state index in [-0.39, 0.29) is 11.6 Å². The summed E-state index contributed by atoms with van der Waals surface area (Å²) in [7, 11) is 0. The predicted molar refractivity (Wildman–Crippen MR) is 75.8 cm³/mol. The van der Waals surface area contributed by atoms with Crippen molar-refractivity contribution in [3.05, 3.63) is 35.9 Å². The van der Waals surface area contributed by atoms with E-state index in [2.05, 4.69) is 19.2 Å². The maximum Gasteiger partial charge on any atom is 0.407 e. The number of ether oxygens (including phenoxy) is 1. The van der Waals surface area contributed by atoms with Crippen LogP contribution in [-0.2, 0) is 11.3 Å². The van der Waals surface area contributed by atoms with Crippen LogP contribution >= 0.6 is 0 Å². The van der Waals surface area contributed by atoms with Gasteiger partial charge >= 0.3 is 6.09 Å². The number of benzene rings is 1. The van der Waals surface area contributed by atoms with Gasteiger partial charge in [0.25, 0.3) is 0 Å². The molecule has 1 aromatic rings. The third kappa shape index (κ3) is 3.72. The van der Waals surface area contributed by atoms with E-state index < -0.39 is 0 Å². The lowest BCUT2D eigenvalue weighted by Crippen LogP contribution is -2.52. The summed E-state index contributed by atoms with van der Waals surface area (Å²) >= 11 is 0. The van der Waals surface area contributed by atoms with Gasteiger partial charge in [-0.1, -0.05) is 50.1 Å². The van der Waals surface area contributed by atoms with Crippen molar-refractivity contribution in [2.24, 2.45) is 5.92 Å². The Morgan fingerprint density at radius 1 is 1.37 bits per heavy atom. The number of alkyl carbamates (subject to hydrolysis) is 1. The molecule has 1 fully saturated rings. The number of hydrogen-bond donors (Lipinski definition) is 1. The molecule has 0 saturated heterocycles. The van der Waals surface area contributed by atoms with Crippen molar-refractivity contribution in [2.45, 2.75) is 51.7 Å². The SMILES string of the molecule is CC1CCCCC1(C)NC(=O)OCc1ccccc1. The molecule has 0 spiro atoms. The van der Waals surface area contributed by atoms with Crippen molar-refractivity contribution in [3.8, 4) is 0 Å². The van der Waals surface area contributed by atoms with Crippen LogP contribution in [0.1, 0.15) is 45.1 Å². The number of carbonyl (C=O) groups excluding carboxylic acids is 1. The van der Waals surface area contributed by atoms with E-state index in [9.17, 15) is 4.79 Å². The molecule has 0 bridgehead atoms. The van der Waals surface area contributed by atoms with Crippen LogP contribution in [0.15, 0.2) is 30.3 Å². The van der Waals surface area contributed by atoms with E-state index in [1.807, 2.05) is 30.3 Å². The van der Waals surface area contributed by atoms with Gasteiger partial charge < -0.3 is 10.1 Å². The van der Waals surface area contributed by atoms with E-state index >= 15 is 0 Å². The third-order valence-corrected chi connectivity index (χ3v) is 4.27. The second-order valence-electron chi connectivity index (χ2n) is 5.75. The first-order valence-electron chi connectivity index (χ1n) is 7.09. The quantitative estimate of drug-likeness (QED) is 0.896. The molecule has 3 heteroatoms. The minimum atomic E-state index is -0.305. The average Bonchev–Trinajstić information content (AvgIpc) is 2.41. The molecule has 2 atom stereocenters. The van der Waals surface area contributed by atoms with Gasteiger partial charge in [0.1, 0.15) is 6.61 Å². The van der Waals surface area contributed by atoms with E-state index in [0.29, 0.717) is 12.5 Å². The van der Waals surface area contributed by atoms with Gasteiger partial charge in [0.2, 0.25) is 0 Å². The standard InChI is InChI=1S/C16H23NO2/c1-13-8-6-7-11-16(13,2)17-15(18)19-12-14-9-4-3-5-10-14/h3-5,9-10,13H,6-8,11-12H2,1-2H3,(H,17,18). The van der Waals surface area contributed by atoms with Crippen LogP contribution in [0, 0.1) is 5.92 Å². The first-order valence-corrected chi connectivity index (χ1v) is 7.09. The van der Waals surface area contributed by atoms with E-state index in [1.165, 1.54) is 19.3 Å². The number of nitrogens with one attached hydrogen (secondary N) is 1. The maximum atomic E-state index is 11.9. The van der Waals surface area contributed by atoms with Gasteiger partial charge in [-0.05, 0) is 31.2 Å². The highest BCUT2D eigenvalue weighted by atomic mass is 16.5. The molecule has 1 aliphatic carbocycles. The lowest BCUT2D eigenvalue weighted by Gasteiger charge is -2.39. The summed E-state index contributed by atoms with van der Waals surface area (Å²) in [5.74, 6) is 0.505. The molecule has 1 N–H and O–H groups in total. The Morgan fingerprint density at radius 3 is 2.79 bits per heavy atom. The lowest BCUT2D eigenvalue weighted by atomic mass is 9.75. The van der Waals surface area contributed by atoms with Gasteiger partial charge in [-0.15, -0.1) is 0 Å². The Balaban J connectivity index is 1.84. The van der Waals surface area contributed by atoms with E-state index in [4.69, 9.17) is 4.74 Å². The molecule has 0 radical (unpaired) electrons. The van der Waals surface area contributed by atoms with Crippen molar-refractivity contribution in [3.63, 3.8) is 0 Å². The van der Waals surface area contributed by atoms with Crippen LogP contribution in [0.4, 0.5) is 4.79 Å². The molecule has 0 aliphatic heterocycles. The van der Waals surface area contributed by atoms with Gasteiger partial charge in [0.15, 0.2) is 0 Å². The van der Waals surface area contributed by atoms with Crippen LogP contribution in [0.5, 0.6) is 0 Å². The fourth-order valence-corrected chi connectivity index (χ4v) is 2.69. The summed E-state index contributed by atoms with van der Waals surface area (Å²) < 4.78 is 5.29. The first kappa shape index (κ1) is 13.9. The Labute approximate surface area is 115 Å². The number of amides is 1. The highest BCUT2D eigenvalue weighted by Gasteiger charge is 2.35. The highest BCUT2D eigenvalue weighted by molar-refractivity contribution is 5.68. The van der Waals surface area contributed by atoms with Crippen molar-refractivity contribution < 1.29 is 9.53 Å². The monoisotopic (exact) mass is 261 g/mol. The minimum Gasteiger partial charge on any atom is -0.445 e. The lowest BCUT2D eigenvalue weighted by molar-refractivity contribution is 0.106. The summed E-state index contributed by atoms with van der Waals surface area (Å²) in [5, 5.41) is 3.05. The zero-order valence-corrected chi connectivity index (χ0v) is 11.8. The molecule has 0 heterocycles. The van der Waals surface area contributed by atoms with E-state index in [1.54, 1.807) is 0 Å². The summed E-state index contributed by atoms with van der Waals surface area (Å²) in [6, 6.07) is 9.76. The van der Waals surface area contributed by atoms with Crippen LogP contribution in [0.25, 0.3) is 0 Å². The smallest absolute Gasteiger partial charge is 0.407 e. The number of hydrogen-bond acceptors (Lipinski definition) is 2. The molecular formula is C16H23NO2. The van der Waals surface area contributed by atoms with Crippen LogP contribution in [-0.4, -0.2) is 11.6 Å². The average molecular weight is 261 g/mol. The zero-order valence-electron chi connectivity index (χ0n) is 11.8. The Morgan fingerprint density at radius 2 is 2.11 bits per heavy atom. The maximum absolute atomic E-state index is 11.9. The summed E-state index contributed by atoms with van der Waals surface area (Å²) in [6.45, 7) is 4.66. The molecule has 1 saturated carbocycles. The van der Waals surface area contributed by atoms with Crippen LogP contribution < -0.4 is 5.32 Å². The van der Waals surface area contributed by atoms with Crippen LogP contribution in [0.2, 0.25) is 0 Å². The predicted octanol–water partition coefficient (Wildman–Crippen LogP) is 3.88. The summed E-state index contributed by atoms with van der Waals surface area (Å²) in [5.41, 5.74) is 0.894. The van der Waals surface area contributed by atoms with Crippen molar-refractivity contribution >= 4 is 6.09 Å². The molecule has 2 rings (SSSR count). The number of carbonyl (C=O) groups is 1. The molecule has 1 amide bonds. The minimum absolute atomic E-state index is 0.119. The summed E-state index contributed by atoms with van der Waals surface area (Å²) in [4.78, 5) is 11.9. The molecule has 104 valence electrons. The third-order valence-electron chi connectivity index (χ3n) is 4.27. The Bertz CT molecular complexity index is 418. The van der Waals surface area contributed by atoms with E-state index in [0.717, 1.165) is 12.0 Å². The van der Waals surface area contributed by atoms with Crippen molar-refractivity contribution in [1.82, 2.24) is 5.32 Å². The van der Waals surface area contributed by atoms with Gasteiger partial charge in [0, 0.05) is 5.54 Å². The molecule has 1 aromatic carbocycles. The van der Waals surface area contributed by atoms with Gasteiger partial charge in [-0.25, -0.2) is 4.79 Å². The fraction of sp³-hybridized carbons (Fsp3) is 0.562. The second kappa shape index (κ2) is 6.09. The second-order valence-corrected chi connectivity index (χ2v) is 5.75. The molecule has 2 unspecified atom stereocenters. The normalized spacial score (nSPS) is 26.7. The van der Waals surface area contributed by atoms with Gasteiger partial charge in [0.05, 0.1) is 0 Å². The summed E-state index contributed by atoms with van der Waals surface area (Å²) in [6.07, 6.45) is 4.35. The van der Waals surface area contributed by atoms with Crippen LogP contribution in [0.3, 0.4) is 0 Å². The molecular weight excluding hydrogens is 238 g/mol. The fourth-order valence-electron chi connectivity index (χ4n) is 2.69. The molecule has 0 aromatic heterocycles. The van der Waals surface area contributed by atoms with Gasteiger partial charge in [-0.2, -0.15) is 0 Å². The molecule has 1 aliphatic rings. The Kier molecular flexibility index (Phi) is 4.46. The van der Waals surface area contributed by atoms with Crippen molar-refractivity contribution in [2.75, 3.05) is 0 Å². The molecule has 19 heavy (non-hydrogen) atoms.